The molecule has 1 aliphatic carbocycles. The van der Waals surface area contributed by atoms with E-state index in [1.54, 1.807) is 0 Å². The van der Waals surface area contributed by atoms with Gasteiger partial charge in [0.25, 0.3) is 0 Å². The fourth-order valence-electron chi connectivity index (χ4n) is 1.71. The van der Waals surface area contributed by atoms with E-state index in [4.69, 9.17) is 5.11 Å². The van der Waals surface area contributed by atoms with Gasteiger partial charge in [0.2, 0.25) is 0 Å². The van der Waals surface area contributed by atoms with Gasteiger partial charge in [0, 0.05) is 18.4 Å². The number of nitrogens with zero attached hydrogens (tertiary/aromatic N) is 1. The van der Waals surface area contributed by atoms with Crippen LogP contribution in [0, 0.1) is 5.41 Å². The molecule has 0 aliphatic heterocycles. The molecule has 0 aromatic heterocycles. The molecule has 1 fully saturated rings. The van der Waals surface area contributed by atoms with Crippen LogP contribution >= 0.6 is 15.9 Å². The first-order valence-electron chi connectivity index (χ1n) is 5.15. The van der Waals surface area contributed by atoms with Crippen LogP contribution in [-0.2, 0) is 0 Å². The number of alkyl halides is 1. The summed E-state index contributed by atoms with van der Waals surface area (Å²) in [7, 11) is 0. The molecule has 3 heteroatoms. The van der Waals surface area contributed by atoms with Crippen LogP contribution in [-0.4, -0.2) is 41.6 Å². The average molecular weight is 250 g/mol. The van der Waals surface area contributed by atoms with Crippen LogP contribution in [0.4, 0.5) is 0 Å². The summed E-state index contributed by atoms with van der Waals surface area (Å²) in [5.74, 6) is 0. The van der Waals surface area contributed by atoms with E-state index >= 15 is 0 Å². The Hall–Kier alpha value is 0.400. The third kappa shape index (κ3) is 3.56. The Kier molecular flexibility index (Phi) is 4.70. The summed E-state index contributed by atoms with van der Waals surface area (Å²) < 4.78 is 0. The minimum atomic E-state index is 0.290. The Labute approximate surface area is 89.4 Å². The molecule has 0 aromatic carbocycles. The van der Waals surface area contributed by atoms with E-state index in [1.165, 1.54) is 19.3 Å². The van der Waals surface area contributed by atoms with Crippen LogP contribution in [0.2, 0.25) is 0 Å². The van der Waals surface area contributed by atoms with Crippen molar-refractivity contribution in [1.82, 2.24) is 4.90 Å². The summed E-state index contributed by atoms with van der Waals surface area (Å²) in [5, 5.41) is 10.0. The highest BCUT2D eigenvalue weighted by Crippen LogP contribution is 2.47. The van der Waals surface area contributed by atoms with Crippen molar-refractivity contribution in [1.29, 1.82) is 0 Å². The largest absolute Gasteiger partial charge is 0.395 e. The maximum atomic E-state index is 8.90. The minimum Gasteiger partial charge on any atom is -0.395 e. The zero-order valence-electron chi connectivity index (χ0n) is 8.43. The van der Waals surface area contributed by atoms with Crippen LogP contribution in [0.25, 0.3) is 0 Å². The van der Waals surface area contributed by atoms with E-state index in [1.807, 2.05) is 0 Å². The van der Waals surface area contributed by atoms with Crippen molar-refractivity contribution in [3.05, 3.63) is 0 Å². The lowest BCUT2D eigenvalue weighted by Gasteiger charge is -2.25. The van der Waals surface area contributed by atoms with Gasteiger partial charge in [-0.05, 0) is 31.2 Å². The van der Waals surface area contributed by atoms with Crippen molar-refractivity contribution in [2.75, 3.05) is 31.6 Å². The smallest absolute Gasteiger partial charge is 0.0558 e. The SMILES string of the molecule is CCCN(CCO)CC1(CBr)CC1. The van der Waals surface area contributed by atoms with Gasteiger partial charge in [-0.1, -0.05) is 22.9 Å². The molecule has 1 saturated carbocycles. The Balaban J connectivity index is 2.28. The topological polar surface area (TPSA) is 23.5 Å². The van der Waals surface area contributed by atoms with Crippen molar-refractivity contribution >= 4 is 15.9 Å². The molecule has 0 spiro atoms. The predicted molar refractivity (Wildman–Crippen MR) is 59.3 cm³/mol. The van der Waals surface area contributed by atoms with Crippen LogP contribution in [0.3, 0.4) is 0 Å². The first kappa shape index (κ1) is 11.5. The van der Waals surface area contributed by atoms with Gasteiger partial charge in [0.1, 0.15) is 0 Å². The maximum Gasteiger partial charge on any atom is 0.0558 e. The highest BCUT2D eigenvalue weighted by Gasteiger charge is 2.42. The fraction of sp³-hybridized carbons (Fsp3) is 1.00. The molecule has 1 aliphatic rings. The van der Waals surface area contributed by atoms with Gasteiger partial charge >= 0.3 is 0 Å². The van der Waals surface area contributed by atoms with E-state index in [0.29, 0.717) is 12.0 Å². The van der Waals surface area contributed by atoms with Crippen LogP contribution in [0.5, 0.6) is 0 Å². The predicted octanol–water partition coefficient (Wildman–Crippen LogP) is 1.87. The summed E-state index contributed by atoms with van der Waals surface area (Å²) in [4.78, 5) is 2.38. The van der Waals surface area contributed by atoms with E-state index < -0.39 is 0 Å². The molecule has 0 heterocycles. The quantitative estimate of drug-likeness (QED) is 0.697. The Bertz CT molecular complexity index is 142. The molecule has 0 bridgehead atoms. The van der Waals surface area contributed by atoms with Crippen LogP contribution < -0.4 is 0 Å². The molecule has 0 aromatic rings. The Morgan fingerprint density at radius 3 is 2.46 bits per heavy atom. The van der Waals surface area contributed by atoms with E-state index in [2.05, 4.69) is 27.8 Å². The third-order valence-corrected chi connectivity index (χ3v) is 3.95. The van der Waals surface area contributed by atoms with E-state index in [9.17, 15) is 0 Å². The second-order valence-electron chi connectivity index (χ2n) is 4.13. The standard InChI is InChI=1S/C10H20BrNO/c1-2-5-12(6-7-13)9-10(8-11)3-4-10/h13H,2-9H2,1H3. The normalized spacial score (nSPS) is 19.4. The van der Waals surface area contributed by atoms with Gasteiger partial charge in [-0.25, -0.2) is 0 Å². The fourth-order valence-corrected chi connectivity index (χ4v) is 2.45. The highest BCUT2D eigenvalue weighted by atomic mass is 79.9. The molecule has 1 N–H and O–H groups in total. The zero-order valence-corrected chi connectivity index (χ0v) is 10.0. The monoisotopic (exact) mass is 249 g/mol. The molecule has 78 valence electrons. The number of aliphatic hydroxyl groups excluding tert-OH is 1. The summed E-state index contributed by atoms with van der Waals surface area (Å²) in [6.07, 6.45) is 3.88. The van der Waals surface area contributed by atoms with Gasteiger partial charge in [0.05, 0.1) is 6.61 Å². The molecule has 13 heavy (non-hydrogen) atoms. The van der Waals surface area contributed by atoms with Crippen LogP contribution in [0.15, 0.2) is 0 Å². The number of halogens is 1. The number of rotatable bonds is 7. The highest BCUT2D eigenvalue weighted by molar-refractivity contribution is 9.09. The molecular formula is C10H20BrNO. The third-order valence-electron chi connectivity index (χ3n) is 2.76. The average Bonchev–Trinajstić information content (AvgIpc) is 2.87. The van der Waals surface area contributed by atoms with Crippen LogP contribution in [0.1, 0.15) is 26.2 Å². The van der Waals surface area contributed by atoms with Crippen molar-refractivity contribution in [3.8, 4) is 0 Å². The summed E-state index contributed by atoms with van der Waals surface area (Å²) in [6.45, 7) is 5.60. The van der Waals surface area contributed by atoms with Gasteiger partial charge in [-0.2, -0.15) is 0 Å². The molecule has 0 unspecified atom stereocenters. The molecule has 1 rings (SSSR count). The lowest BCUT2D eigenvalue weighted by molar-refractivity contribution is 0.174. The molecular weight excluding hydrogens is 230 g/mol. The number of hydrogen-bond acceptors (Lipinski definition) is 2. The molecule has 0 saturated heterocycles. The molecule has 0 atom stereocenters. The Morgan fingerprint density at radius 1 is 1.38 bits per heavy atom. The second-order valence-corrected chi connectivity index (χ2v) is 4.69. The first-order valence-corrected chi connectivity index (χ1v) is 6.27. The summed E-state index contributed by atoms with van der Waals surface area (Å²) in [5.41, 5.74) is 0.546. The first-order chi connectivity index (χ1) is 6.26. The van der Waals surface area contributed by atoms with E-state index in [0.717, 1.165) is 25.0 Å². The number of hydrogen-bond donors (Lipinski definition) is 1. The van der Waals surface area contributed by atoms with Crippen molar-refractivity contribution in [2.45, 2.75) is 26.2 Å². The van der Waals surface area contributed by atoms with Gasteiger partial charge < -0.3 is 10.0 Å². The van der Waals surface area contributed by atoms with Crippen molar-refractivity contribution in [3.63, 3.8) is 0 Å². The van der Waals surface area contributed by atoms with Gasteiger partial charge in [-0.15, -0.1) is 0 Å². The molecule has 2 nitrogen and oxygen atoms in total. The lowest BCUT2D eigenvalue weighted by Crippen LogP contribution is -2.34. The van der Waals surface area contributed by atoms with Gasteiger partial charge in [-0.3, -0.25) is 0 Å². The maximum absolute atomic E-state index is 8.90. The molecule has 0 radical (unpaired) electrons. The minimum absolute atomic E-state index is 0.290. The lowest BCUT2D eigenvalue weighted by atomic mass is 10.1. The van der Waals surface area contributed by atoms with Gasteiger partial charge in [0.15, 0.2) is 0 Å². The second kappa shape index (κ2) is 5.32. The summed E-state index contributed by atoms with van der Waals surface area (Å²) in [6, 6.07) is 0. The van der Waals surface area contributed by atoms with Crippen molar-refractivity contribution < 1.29 is 5.11 Å². The summed E-state index contributed by atoms with van der Waals surface area (Å²) >= 11 is 3.57. The van der Waals surface area contributed by atoms with E-state index in [-0.39, 0.29) is 0 Å². The Morgan fingerprint density at radius 2 is 2.08 bits per heavy atom. The number of aliphatic hydroxyl groups is 1. The zero-order chi connectivity index (χ0) is 9.73. The molecule has 0 amide bonds. The van der Waals surface area contributed by atoms with Crippen molar-refractivity contribution in [2.24, 2.45) is 5.41 Å².